The minimum Gasteiger partial charge on any atom is -0.350 e. The molecule has 3 fully saturated rings. The van der Waals surface area contributed by atoms with Crippen molar-refractivity contribution < 1.29 is 9.59 Å². The second-order valence-corrected chi connectivity index (χ2v) is 8.70. The predicted octanol–water partition coefficient (Wildman–Crippen LogP) is 1.84. The summed E-state index contributed by atoms with van der Waals surface area (Å²) in [6, 6.07) is 2.09. The number of nitrogens with zero attached hydrogens (tertiary/aromatic N) is 4. The maximum atomic E-state index is 13.0. The molecule has 2 aromatic heterocycles. The number of amides is 2. The van der Waals surface area contributed by atoms with E-state index in [1.807, 2.05) is 18.5 Å². The first-order valence-electron chi connectivity index (χ1n) is 10.6. The van der Waals surface area contributed by atoms with E-state index < -0.39 is 0 Å². The van der Waals surface area contributed by atoms with Crippen molar-refractivity contribution in [2.45, 2.75) is 44.7 Å². The molecule has 0 aliphatic carbocycles. The van der Waals surface area contributed by atoms with Crippen LogP contribution in [0.5, 0.6) is 0 Å². The Labute approximate surface area is 194 Å². The Balaban J connectivity index is 0.00000136. The number of fused-ring (bicyclic) bond motifs is 5. The van der Waals surface area contributed by atoms with Crippen LogP contribution in [0.25, 0.3) is 11.2 Å². The van der Waals surface area contributed by atoms with Crippen LogP contribution in [0.2, 0.25) is 0 Å². The van der Waals surface area contributed by atoms with Gasteiger partial charge in [-0.3, -0.25) is 9.59 Å². The highest BCUT2D eigenvalue weighted by Gasteiger charge is 2.47. The smallest absolute Gasteiger partial charge is 0.253 e. The van der Waals surface area contributed by atoms with Gasteiger partial charge in [-0.15, -0.1) is 24.8 Å². The monoisotopic (exact) mass is 468 g/mol. The first kappa shape index (κ1) is 23.8. The van der Waals surface area contributed by atoms with E-state index in [9.17, 15) is 9.59 Å². The summed E-state index contributed by atoms with van der Waals surface area (Å²) in [5.74, 6) is 1.86. The molecular weight excluding hydrogens is 439 g/mol. The minimum absolute atomic E-state index is 0. The molecule has 2 amide bonds. The molecule has 0 unspecified atom stereocenters. The number of pyridine rings is 1. The van der Waals surface area contributed by atoms with Crippen LogP contribution < -0.4 is 10.6 Å². The Morgan fingerprint density at radius 2 is 2.06 bits per heavy atom. The molecule has 3 aliphatic rings. The van der Waals surface area contributed by atoms with Crippen molar-refractivity contribution in [3.05, 3.63) is 23.7 Å². The Morgan fingerprint density at radius 3 is 2.87 bits per heavy atom. The molecular formula is C21H30Cl2N6O2. The quantitative estimate of drug-likeness (QED) is 0.716. The highest BCUT2D eigenvalue weighted by Crippen LogP contribution is 2.39. The highest BCUT2D eigenvalue weighted by molar-refractivity contribution is 6.04. The first-order chi connectivity index (χ1) is 14.0. The van der Waals surface area contributed by atoms with Crippen LogP contribution in [-0.2, 0) is 11.8 Å². The molecule has 5 rings (SSSR count). The Kier molecular flexibility index (Phi) is 7.13. The number of rotatable bonds is 3. The summed E-state index contributed by atoms with van der Waals surface area (Å²) >= 11 is 0. The lowest BCUT2D eigenvalue weighted by atomic mass is 9.72. The van der Waals surface area contributed by atoms with Crippen molar-refractivity contribution in [2.75, 3.05) is 19.6 Å². The maximum Gasteiger partial charge on any atom is 0.253 e. The second kappa shape index (κ2) is 9.30. The molecule has 31 heavy (non-hydrogen) atoms. The van der Waals surface area contributed by atoms with Crippen LogP contribution in [0.15, 0.2) is 12.3 Å². The summed E-state index contributed by atoms with van der Waals surface area (Å²) in [6.45, 7) is 4.29. The van der Waals surface area contributed by atoms with Crippen LogP contribution in [0.1, 0.15) is 41.9 Å². The van der Waals surface area contributed by atoms with Crippen LogP contribution in [0.3, 0.4) is 0 Å². The number of halogens is 2. The van der Waals surface area contributed by atoms with Crippen LogP contribution in [0.4, 0.5) is 0 Å². The molecule has 3 aliphatic heterocycles. The van der Waals surface area contributed by atoms with E-state index in [1.165, 1.54) is 0 Å². The van der Waals surface area contributed by atoms with Gasteiger partial charge < -0.3 is 20.1 Å². The summed E-state index contributed by atoms with van der Waals surface area (Å²) in [4.78, 5) is 36.8. The average Bonchev–Trinajstić information content (AvgIpc) is 3.02. The lowest BCUT2D eigenvalue weighted by Crippen LogP contribution is -2.66. The third-order valence-electron chi connectivity index (χ3n) is 7.10. The zero-order chi connectivity index (χ0) is 20.1. The van der Waals surface area contributed by atoms with Crippen molar-refractivity contribution in [1.29, 1.82) is 0 Å². The van der Waals surface area contributed by atoms with E-state index in [-0.39, 0.29) is 42.7 Å². The number of carbonyl (C=O) groups is 2. The number of aromatic nitrogens is 3. The van der Waals surface area contributed by atoms with Crippen molar-refractivity contribution in [2.24, 2.45) is 18.9 Å². The number of piperidine rings is 3. The van der Waals surface area contributed by atoms with Gasteiger partial charge in [-0.1, -0.05) is 0 Å². The van der Waals surface area contributed by atoms with Gasteiger partial charge in [-0.25, -0.2) is 9.97 Å². The topological polar surface area (TPSA) is 92.2 Å². The van der Waals surface area contributed by atoms with Gasteiger partial charge in [0.2, 0.25) is 5.91 Å². The molecule has 3 saturated heterocycles. The highest BCUT2D eigenvalue weighted by atomic mass is 35.5. The van der Waals surface area contributed by atoms with Gasteiger partial charge in [-0.05, 0) is 50.6 Å². The third kappa shape index (κ3) is 4.01. The molecule has 2 bridgehead atoms. The Bertz CT molecular complexity index is 980. The van der Waals surface area contributed by atoms with Gasteiger partial charge >= 0.3 is 0 Å². The molecule has 4 atom stereocenters. The van der Waals surface area contributed by atoms with Gasteiger partial charge in [0, 0.05) is 38.8 Å². The van der Waals surface area contributed by atoms with Crippen molar-refractivity contribution in [1.82, 2.24) is 30.1 Å². The van der Waals surface area contributed by atoms with Crippen molar-refractivity contribution >= 4 is 47.8 Å². The largest absolute Gasteiger partial charge is 0.350 e. The molecule has 10 heteroatoms. The molecule has 0 radical (unpaired) electrons. The van der Waals surface area contributed by atoms with E-state index in [0.29, 0.717) is 47.6 Å². The summed E-state index contributed by atoms with van der Waals surface area (Å²) < 4.78 is 1.89. The number of carbonyl (C=O) groups excluding carboxylic acids is 2. The molecule has 8 nitrogen and oxygen atoms in total. The average molecular weight is 469 g/mol. The van der Waals surface area contributed by atoms with Crippen LogP contribution in [0, 0.1) is 18.8 Å². The Hall–Kier alpha value is -1.90. The first-order valence-corrected chi connectivity index (χ1v) is 10.6. The zero-order valence-corrected chi connectivity index (χ0v) is 19.5. The number of aryl methyl sites for hydroxylation is 2. The van der Waals surface area contributed by atoms with Gasteiger partial charge in [0.05, 0.1) is 11.6 Å². The van der Waals surface area contributed by atoms with Crippen molar-refractivity contribution in [3.63, 3.8) is 0 Å². The molecule has 2 N–H and O–H groups in total. The third-order valence-corrected chi connectivity index (χ3v) is 7.10. The molecule has 0 saturated carbocycles. The van der Waals surface area contributed by atoms with E-state index in [1.54, 1.807) is 12.3 Å². The predicted molar refractivity (Wildman–Crippen MR) is 123 cm³/mol. The maximum absolute atomic E-state index is 13.0. The standard InChI is InChI=1S/C21H28N6O2.2ClH/c1-12-25-19-15(6-7-23-20(19)26(12)2)21(29)24-11-17-14-8-13(9-22-10-14)16-4-3-5-18(28)27(16)17;;/h6-7,13-14,16-17,22H,3-5,8-11H2,1-2H3,(H,24,29);2*1H/t13-,14+,16+,17+;;/m1../s1. The van der Waals surface area contributed by atoms with E-state index in [2.05, 4.69) is 25.5 Å². The molecule has 0 aromatic carbocycles. The number of hydrogen-bond donors (Lipinski definition) is 2. The summed E-state index contributed by atoms with van der Waals surface area (Å²) in [5, 5.41) is 6.65. The number of nitrogens with one attached hydrogen (secondary N) is 2. The lowest BCUT2D eigenvalue weighted by Gasteiger charge is -2.54. The summed E-state index contributed by atoms with van der Waals surface area (Å²) in [6.07, 6.45) is 5.48. The molecule has 5 heterocycles. The number of imidazole rings is 1. The zero-order valence-electron chi connectivity index (χ0n) is 17.8. The summed E-state index contributed by atoms with van der Waals surface area (Å²) in [5.41, 5.74) is 1.87. The van der Waals surface area contributed by atoms with Gasteiger partial charge in [0.1, 0.15) is 11.3 Å². The fourth-order valence-corrected chi connectivity index (χ4v) is 5.56. The van der Waals surface area contributed by atoms with E-state index in [4.69, 9.17) is 0 Å². The molecule has 2 aromatic rings. The fraction of sp³-hybridized carbons (Fsp3) is 0.619. The van der Waals surface area contributed by atoms with Crippen LogP contribution in [-0.4, -0.2) is 63.0 Å². The van der Waals surface area contributed by atoms with Gasteiger partial charge in [0.25, 0.3) is 5.91 Å². The van der Waals surface area contributed by atoms with Crippen molar-refractivity contribution in [3.8, 4) is 0 Å². The normalized spacial score (nSPS) is 27.2. The van der Waals surface area contributed by atoms with E-state index in [0.717, 1.165) is 38.2 Å². The lowest BCUT2D eigenvalue weighted by molar-refractivity contribution is -0.148. The molecule has 0 spiro atoms. The van der Waals surface area contributed by atoms with Crippen LogP contribution >= 0.6 is 24.8 Å². The van der Waals surface area contributed by atoms with E-state index >= 15 is 0 Å². The Morgan fingerprint density at radius 1 is 1.29 bits per heavy atom. The number of hydrogen-bond acceptors (Lipinski definition) is 5. The summed E-state index contributed by atoms with van der Waals surface area (Å²) in [7, 11) is 1.90. The van der Waals surface area contributed by atoms with Gasteiger partial charge in [0.15, 0.2) is 5.65 Å². The fourth-order valence-electron chi connectivity index (χ4n) is 5.56. The SMILES string of the molecule is Cc1nc2c(C(=O)NC[C@H]3[C@@H]4CNC[C@@H](C4)[C@@H]4CCCC(=O)N43)ccnc2n1C.Cl.Cl. The molecule has 170 valence electrons. The second-order valence-electron chi connectivity index (χ2n) is 8.70. The minimum atomic E-state index is -0.151. The van der Waals surface area contributed by atoms with Gasteiger partial charge in [-0.2, -0.15) is 0 Å².